The van der Waals surface area contributed by atoms with E-state index >= 15 is 0 Å². The van der Waals surface area contributed by atoms with E-state index in [9.17, 15) is 0 Å². The van der Waals surface area contributed by atoms with E-state index in [1.807, 2.05) is 12.1 Å². The van der Waals surface area contributed by atoms with Crippen molar-refractivity contribution in [2.45, 2.75) is 19.9 Å². The van der Waals surface area contributed by atoms with E-state index in [0.717, 1.165) is 5.82 Å². The van der Waals surface area contributed by atoms with Gasteiger partial charge in [-0.3, -0.25) is 0 Å². The Hall–Kier alpha value is -1.29. The average Bonchev–Trinajstić information content (AvgIpc) is 2.20. The number of hydrogen-bond acceptors (Lipinski definition) is 4. The first-order valence-electron chi connectivity index (χ1n) is 5.10. The molecule has 0 aromatic carbocycles. The number of pyridine rings is 1. The minimum Gasteiger partial charge on any atom is -0.397 e. The molecule has 4 heteroatoms. The van der Waals surface area contributed by atoms with E-state index in [1.165, 1.54) is 0 Å². The highest BCUT2D eigenvalue weighted by Gasteiger charge is 2.12. The summed E-state index contributed by atoms with van der Waals surface area (Å²) in [6, 6.07) is 3.98. The molecule has 0 aliphatic carbocycles. The van der Waals surface area contributed by atoms with Crippen LogP contribution in [0.4, 0.5) is 11.5 Å². The second-order valence-electron chi connectivity index (χ2n) is 3.93. The zero-order valence-corrected chi connectivity index (χ0v) is 9.53. The van der Waals surface area contributed by atoms with Crippen molar-refractivity contribution >= 4 is 11.5 Å². The van der Waals surface area contributed by atoms with Gasteiger partial charge in [0.25, 0.3) is 0 Å². The van der Waals surface area contributed by atoms with Gasteiger partial charge in [0.1, 0.15) is 5.82 Å². The van der Waals surface area contributed by atoms with Gasteiger partial charge in [-0.05, 0) is 18.1 Å². The van der Waals surface area contributed by atoms with Gasteiger partial charge in [0.05, 0.1) is 24.5 Å². The Kier molecular flexibility index (Phi) is 4.37. The van der Waals surface area contributed by atoms with Gasteiger partial charge in [0.15, 0.2) is 0 Å². The normalized spacial score (nSPS) is 12.8. The van der Waals surface area contributed by atoms with Gasteiger partial charge in [-0.15, -0.1) is 0 Å². The summed E-state index contributed by atoms with van der Waals surface area (Å²) in [7, 11) is 1.70. The van der Waals surface area contributed by atoms with Gasteiger partial charge in [-0.2, -0.15) is 0 Å². The highest BCUT2D eigenvalue weighted by molar-refractivity contribution is 5.44. The Morgan fingerprint density at radius 2 is 2.20 bits per heavy atom. The van der Waals surface area contributed by atoms with E-state index in [2.05, 4.69) is 24.1 Å². The lowest BCUT2D eigenvalue weighted by Gasteiger charge is -2.21. The van der Waals surface area contributed by atoms with E-state index in [1.54, 1.807) is 13.3 Å². The molecule has 1 rings (SSSR count). The van der Waals surface area contributed by atoms with Crippen molar-refractivity contribution in [3.63, 3.8) is 0 Å². The summed E-state index contributed by atoms with van der Waals surface area (Å²) in [6.45, 7) is 4.96. The Morgan fingerprint density at radius 1 is 1.47 bits per heavy atom. The summed E-state index contributed by atoms with van der Waals surface area (Å²) in [5.74, 6) is 1.32. The number of rotatable bonds is 5. The molecule has 3 N–H and O–H groups in total. The number of hydrogen-bond donors (Lipinski definition) is 2. The molecule has 0 saturated carbocycles. The van der Waals surface area contributed by atoms with Crippen LogP contribution in [-0.4, -0.2) is 24.7 Å². The molecule has 0 fully saturated rings. The largest absolute Gasteiger partial charge is 0.397 e. The van der Waals surface area contributed by atoms with Gasteiger partial charge >= 0.3 is 0 Å². The molecule has 1 aromatic rings. The van der Waals surface area contributed by atoms with Gasteiger partial charge in [-0.25, -0.2) is 4.98 Å². The van der Waals surface area contributed by atoms with Crippen LogP contribution in [0.3, 0.4) is 0 Å². The molecular weight excluding hydrogens is 190 g/mol. The van der Waals surface area contributed by atoms with Crippen LogP contribution in [-0.2, 0) is 4.74 Å². The third kappa shape index (κ3) is 3.75. The van der Waals surface area contributed by atoms with Crippen molar-refractivity contribution in [1.82, 2.24) is 4.98 Å². The highest BCUT2D eigenvalue weighted by Crippen LogP contribution is 2.11. The predicted octanol–water partition coefficient (Wildman–Crippen LogP) is 1.75. The maximum atomic E-state index is 5.56. The Morgan fingerprint density at radius 3 is 2.67 bits per heavy atom. The fourth-order valence-corrected chi connectivity index (χ4v) is 1.26. The third-order valence-corrected chi connectivity index (χ3v) is 2.27. The summed E-state index contributed by atoms with van der Waals surface area (Å²) in [6.07, 6.45) is 1.65. The summed E-state index contributed by atoms with van der Waals surface area (Å²) in [5.41, 5.74) is 6.24. The molecule has 0 aliphatic heterocycles. The fraction of sp³-hybridized carbons (Fsp3) is 0.545. The first-order chi connectivity index (χ1) is 7.13. The van der Waals surface area contributed by atoms with Gasteiger partial charge < -0.3 is 15.8 Å². The zero-order chi connectivity index (χ0) is 11.3. The number of nitrogens with two attached hydrogens (primary N) is 1. The SMILES string of the molecule is COCC(Nc1ccc(N)cn1)C(C)C. The standard InChI is InChI=1S/C11H19N3O/c1-8(2)10(7-15-3)14-11-5-4-9(12)6-13-11/h4-6,8,10H,7,12H2,1-3H3,(H,13,14). The van der Waals surface area contributed by atoms with Crippen LogP contribution in [0.5, 0.6) is 0 Å². The Bertz CT molecular complexity index is 284. The lowest BCUT2D eigenvalue weighted by molar-refractivity contribution is 0.171. The molecule has 1 unspecified atom stereocenters. The van der Waals surface area contributed by atoms with Gasteiger partial charge in [-0.1, -0.05) is 13.8 Å². The third-order valence-electron chi connectivity index (χ3n) is 2.27. The van der Waals surface area contributed by atoms with Crippen LogP contribution in [0.2, 0.25) is 0 Å². The minimum absolute atomic E-state index is 0.270. The van der Waals surface area contributed by atoms with Crippen molar-refractivity contribution in [3.8, 4) is 0 Å². The quantitative estimate of drug-likeness (QED) is 0.775. The van der Waals surface area contributed by atoms with Crippen molar-refractivity contribution < 1.29 is 4.74 Å². The number of methoxy groups -OCH3 is 1. The van der Waals surface area contributed by atoms with Crippen molar-refractivity contribution in [2.24, 2.45) is 5.92 Å². The number of nitrogen functional groups attached to an aromatic ring is 1. The van der Waals surface area contributed by atoms with Crippen LogP contribution in [0.1, 0.15) is 13.8 Å². The second-order valence-corrected chi connectivity index (χ2v) is 3.93. The van der Waals surface area contributed by atoms with Crippen molar-refractivity contribution in [1.29, 1.82) is 0 Å². The van der Waals surface area contributed by atoms with Crippen LogP contribution in [0.25, 0.3) is 0 Å². The molecule has 0 amide bonds. The molecule has 0 bridgehead atoms. The van der Waals surface area contributed by atoms with Crippen LogP contribution < -0.4 is 11.1 Å². The summed E-state index contributed by atoms with van der Waals surface area (Å²) in [4.78, 5) is 4.19. The number of anilines is 2. The van der Waals surface area contributed by atoms with Crippen molar-refractivity contribution in [2.75, 3.05) is 24.8 Å². The maximum absolute atomic E-state index is 5.56. The number of nitrogens with zero attached hydrogens (tertiary/aromatic N) is 1. The predicted molar refractivity (Wildman–Crippen MR) is 62.8 cm³/mol. The molecule has 0 aliphatic rings. The first kappa shape index (κ1) is 11.8. The minimum atomic E-state index is 0.270. The highest BCUT2D eigenvalue weighted by atomic mass is 16.5. The Labute approximate surface area is 90.8 Å². The zero-order valence-electron chi connectivity index (χ0n) is 9.53. The molecular formula is C11H19N3O. The second kappa shape index (κ2) is 5.56. The van der Waals surface area contributed by atoms with Crippen LogP contribution in [0, 0.1) is 5.92 Å². The average molecular weight is 209 g/mol. The smallest absolute Gasteiger partial charge is 0.126 e. The lowest BCUT2D eigenvalue weighted by atomic mass is 10.1. The van der Waals surface area contributed by atoms with E-state index < -0.39 is 0 Å². The monoisotopic (exact) mass is 209 g/mol. The Balaban J connectivity index is 2.61. The molecule has 0 saturated heterocycles. The molecule has 0 spiro atoms. The lowest BCUT2D eigenvalue weighted by Crippen LogP contribution is -2.30. The molecule has 1 heterocycles. The van der Waals surface area contributed by atoms with E-state index in [-0.39, 0.29) is 6.04 Å². The number of aromatic nitrogens is 1. The van der Waals surface area contributed by atoms with Crippen LogP contribution >= 0.6 is 0 Å². The first-order valence-corrected chi connectivity index (χ1v) is 5.10. The molecule has 15 heavy (non-hydrogen) atoms. The topological polar surface area (TPSA) is 60.2 Å². The molecule has 1 aromatic heterocycles. The van der Waals surface area contributed by atoms with E-state index in [0.29, 0.717) is 18.2 Å². The summed E-state index contributed by atoms with van der Waals surface area (Å²) < 4.78 is 5.15. The fourth-order valence-electron chi connectivity index (χ4n) is 1.26. The maximum Gasteiger partial charge on any atom is 0.126 e. The van der Waals surface area contributed by atoms with Gasteiger partial charge in [0.2, 0.25) is 0 Å². The number of ether oxygens (including phenoxy) is 1. The van der Waals surface area contributed by atoms with Crippen molar-refractivity contribution in [3.05, 3.63) is 18.3 Å². The summed E-state index contributed by atoms with van der Waals surface area (Å²) in [5, 5.41) is 3.31. The molecule has 4 nitrogen and oxygen atoms in total. The summed E-state index contributed by atoms with van der Waals surface area (Å²) >= 11 is 0. The van der Waals surface area contributed by atoms with Gasteiger partial charge in [0, 0.05) is 7.11 Å². The van der Waals surface area contributed by atoms with Crippen LogP contribution in [0.15, 0.2) is 18.3 Å². The molecule has 84 valence electrons. The van der Waals surface area contributed by atoms with E-state index in [4.69, 9.17) is 10.5 Å². The molecule has 1 atom stereocenters. The number of nitrogens with one attached hydrogen (secondary N) is 1. The molecule has 0 radical (unpaired) electrons.